The van der Waals surface area contributed by atoms with Crippen LogP contribution in [0.5, 0.6) is 5.75 Å². The van der Waals surface area contributed by atoms with Gasteiger partial charge in [-0.2, -0.15) is 5.26 Å². The maximum atomic E-state index is 9.33. The fourth-order valence-electron chi connectivity index (χ4n) is 3.33. The molecule has 0 saturated heterocycles. The molecule has 0 aliphatic carbocycles. The van der Waals surface area contributed by atoms with Gasteiger partial charge in [0.1, 0.15) is 11.9 Å². The van der Waals surface area contributed by atoms with Crippen LogP contribution in [0.15, 0.2) is 47.8 Å². The highest BCUT2D eigenvalue weighted by Crippen LogP contribution is 2.35. The summed E-state index contributed by atoms with van der Waals surface area (Å²) in [5.41, 5.74) is 1.99. The van der Waals surface area contributed by atoms with E-state index in [-0.39, 0.29) is 18.5 Å². The first-order valence-electron chi connectivity index (χ1n) is 8.09. The maximum Gasteiger partial charge on any atom is 0.137 e. The van der Waals surface area contributed by atoms with Crippen LogP contribution < -0.4 is 4.74 Å². The van der Waals surface area contributed by atoms with Crippen LogP contribution in [0.25, 0.3) is 10.8 Å². The first kappa shape index (κ1) is 17.8. The van der Waals surface area contributed by atoms with E-state index >= 15 is 0 Å². The minimum absolute atomic E-state index is 0. The molecule has 1 unspecified atom stereocenters. The van der Waals surface area contributed by atoms with Gasteiger partial charge in [-0.15, -0.1) is 23.7 Å². The first-order chi connectivity index (χ1) is 11.8. The minimum Gasteiger partial charge on any atom is -0.484 e. The number of benzene rings is 2. The van der Waals surface area contributed by atoms with Crippen molar-refractivity contribution in [3.63, 3.8) is 0 Å². The van der Waals surface area contributed by atoms with Crippen LogP contribution in [0.1, 0.15) is 22.1 Å². The molecule has 0 radical (unpaired) electrons. The van der Waals surface area contributed by atoms with Gasteiger partial charge in [0.2, 0.25) is 0 Å². The molecule has 5 heteroatoms. The fourth-order valence-corrected chi connectivity index (χ4v) is 4.26. The molecular weight excluding hydrogens is 352 g/mol. The molecule has 1 aliphatic heterocycles. The Morgan fingerprint density at radius 2 is 1.96 bits per heavy atom. The molecule has 0 spiro atoms. The predicted octanol–water partition coefficient (Wildman–Crippen LogP) is 4.80. The number of rotatable bonds is 2. The Labute approximate surface area is 157 Å². The molecule has 1 aromatic heterocycles. The van der Waals surface area contributed by atoms with Crippen LogP contribution >= 0.6 is 23.7 Å². The topological polar surface area (TPSA) is 36.3 Å². The summed E-state index contributed by atoms with van der Waals surface area (Å²) in [6.07, 6.45) is 1.10. The Morgan fingerprint density at radius 1 is 1.16 bits per heavy atom. The van der Waals surface area contributed by atoms with Crippen LogP contribution in [0.3, 0.4) is 0 Å². The van der Waals surface area contributed by atoms with E-state index in [0.29, 0.717) is 5.56 Å². The molecule has 1 aliphatic rings. The zero-order valence-electron chi connectivity index (χ0n) is 13.9. The number of hydrogen-bond donors (Lipinski definition) is 0. The van der Waals surface area contributed by atoms with Gasteiger partial charge in [0.25, 0.3) is 0 Å². The second-order valence-corrected chi connectivity index (χ2v) is 7.19. The van der Waals surface area contributed by atoms with Crippen LogP contribution in [-0.4, -0.2) is 25.0 Å². The molecule has 0 bridgehead atoms. The molecule has 0 fully saturated rings. The first-order valence-corrected chi connectivity index (χ1v) is 8.97. The average molecular weight is 371 g/mol. The quantitative estimate of drug-likeness (QED) is 0.649. The van der Waals surface area contributed by atoms with Gasteiger partial charge in [0.15, 0.2) is 0 Å². The second-order valence-electron chi connectivity index (χ2n) is 6.19. The van der Waals surface area contributed by atoms with Crippen molar-refractivity contribution in [2.45, 2.75) is 12.5 Å². The Bertz CT molecular complexity index is 931. The van der Waals surface area contributed by atoms with Crippen molar-refractivity contribution >= 4 is 34.5 Å². The summed E-state index contributed by atoms with van der Waals surface area (Å²) in [5, 5.41) is 13.4. The lowest BCUT2D eigenvalue weighted by molar-refractivity contribution is 0.158. The van der Waals surface area contributed by atoms with Crippen molar-refractivity contribution in [1.82, 2.24) is 4.90 Å². The minimum atomic E-state index is 0. The largest absolute Gasteiger partial charge is 0.484 e. The lowest BCUT2D eigenvalue weighted by atomic mass is 10.0. The second kappa shape index (κ2) is 7.45. The van der Waals surface area contributed by atoms with Gasteiger partial charge in [-0.3, -0.25) is 0 Å². The summed E-state index contributed by atoms with van der Waals surface area (Å²) < 4.78 is 6.46. The van der Waals surface area contributed by atoms with E-state index in [1.807, 2.05) is 47.7 Å². The predicted molar refractivity (Wildman–Crippen MR) is 105 cm³/mol. The van der Waals surface area contributed by atoms with Crippen molar-refractivity contribution in [3.8, 4) is 11.8 Å². The van der Waals surface area contributed by atoms with E-state index in [1.54, 1.807) is 0 Å². The molecule has 25 heavy (non-hydrogen) atoms. The lowest BCUT2D eigenvalue weighted by Gasteiger charge is -2.23. The summed E-state index contributed by atoms with van der Waals surface area (Å²) in [6.45, 7) is 1.93. The Morgan fingerprint density at radius 3 is 2.76 bits per heavy atom. The number of nitriles is 1. The SMILES string of the molecule is CN1CCc2sccc2C(Oc2ccc(C#N)c3ccccc23)C1.Cl. The van der Waals surface area contributed by atoms with Crippen LogP contribution in [0.2, 0.25) is 0 Å². The molecule has 128 valence electrons. The molecule has 3 aromatic rings. The van der Waals surface area contributed by atoms with Crippen molar-refractivity contribution in [2.24, 2.45) is 0 Å². The van der Waals surface area contributed by atoms with Crippen LogP contribution in [0, 0.1) is 11.3 Å². The van der Waals surface area contributed by atoms with E-state index in [0.717, 1.165) is 36.0 Å². The molecular formula is C20H19ClN2OS. The summed E-state index contributed by atoms with van der Waals surface area (Å²) in [6, 6.07) is 16.2. The van der Waals surface area contributed by atoms with E-state index in [1.165, 1.54) is 10.4 Å². The summed E-state index contributed by atoms with van der Waals surface area (Å²) >= 11 is 1.82. The summed E-state index contributed by atoms with van der Waals surface area (Å²) in [5.74, 6) is 0.849. The van der Waals surface area contributed by atoms with Gasteiger partial charge in [0, 0.05) is 34.3 Å². The van der Waals surface area contributed by atoms with Gasteiger partial charge >= 0.3 is 0 Å². The van der Waals surface area contributed by atoms with Crippen LogP contribution in [0.4, 0.5) is 0 Å². The highest BCUT2D eigenvalue weighted by atomic mass is 35.5. The number of hydrogen-bond acceptors (Lipinski definition) is 4. The third kappa shape index (κ3) is 3.36. The standard InChI is InChI=1S/C20H18N2OS.ClH/c1-22-10-8-20-17(9-11-24-20)19(13-22)23-18-7-6-14(12-21)15-4-2-3-5-16(15)18;/h2-7,9,11,19H,8,10,13H2,1H3;1H. The van der Waals surface area contributed by atoms with Gasteiger partial charge in [-0.1, -0.05) is 24.3 Å². The highest BCUT2D eigenvalue weighted by Gasteiger charge is 2.24. The molecule has 0 amide bonds. The highest BCUT2D eigenvalue weighted by molar-refractivity contribution is 7.10. The number of halogens is 1. The summed E-state index contributed by atoms with van der Waals surface area (Å²) in [7, 11) is 2.14. The monoisotopic (exact) mass is 370 g/mol. The van der Waals surface area contributed by atoms with E-state index in [2.05, 4.69) is 29.5 Å². The Balaban J connectivity index is 0.00000182. The molecule has 0 N–H and O–H groups in total. The van der Waals surface area contributed by atoms with Crippen molar-refractivity contribution in [3.05, 3.63) is 63.8 Å². The lowest BCUT2D eigenvalue weighted by Crippen LogP contribution is -2.26. The molecule has 2 heterocycles. The summed E-state index contributed by atoms with van der Waals surface area (Å²) in [4.78, 5) is 3.74. The molecule has 3 nitrogen and oxygen atoms in total. The number of likely N-dealkylation sites (N-methyl/N-ethyl adjacent to an activating group) is 1. The molecule has 2 aromatic carbocycles. The van der Waals surface area contributed by atoms with Gasteiger partial charge in [-0.25, -0.2) is 0 Å². The average Bonchev–Trinajstić information content (AvgIpc) is 3.03. The van der Waals surface area contributed by atoms with Gasteiger partial charge in [0.05, 0.1) is 11.6 Å². The zero-order valence-corrected chi connectivity index (χ0v) is 15.6. The number of fused-ring (bicyclic) bond motifs is 2. The van der Waals surface area contributed by atoms with Crippen LogP contribution in [-0.2, 0) is 6.42 Å². The normalized spacial score (nSPS) is 17.2. The number of ether oxygens (including phenoxy) is 1. The Hall–Kier alpha value is -2.06. The van der Waals surface area contributed by atoms with E-state index in [9.17, 15) is 5.26 Å². The molecule has 1 atom stereocenters. The zero-order chi connectivity index (χ0) is 16.5. The van der Waals surface area contributed by atoms with Crippen molar-refractivity contribution in [2.75, 3.05) is 20.1 Å². The molecule has 4 rings (SSSR count). The third-order valence-corrected chi connectivity index (χ3v) is 5.60. The number of thiophene rings is 1. The van der Waals surface area contributed by atoms with Gasteiger partial charge < -0.3 is 9.64 Å². The molecule has 0 saturated carbocycles. The smallest absolute Gasteiger partial charge is 0.137 e. The van der Waals surface area contributed by atoms with E-state index in [4.69, 9.17) is 4.74 Å². The van der Waals surface area contributed by atoms with Crippen molar-refractivity contribution in [1.29, 1.82) is 5.26 Å². The van der Waals surface area contributed by atoms with Crippen molar-refractivity contribution < 1.29 is 4.74 Å². The van der Waals surface area contributed by atoms with E-state index < -0.39 is 0 Å². The Kier molecular flexibility index (Phi) is 5.29. The third-order valence-electron chi connectivity index (χ3n) is 4.60. The fraction of sp³-hybridized carbons (Fsp3) is 0.250. The maximum absolute atomic E-state index is 9.33. The van der Waals surface area contributed by atoms with Gasteiger partial charge in [-0.05, 0) is 37.0 Å². The number of nitrogens with zero attached hydrogens (tertiary/aromatic N) is 2.